The molecule has 3 heterocycles. The van der Waals surface area contributed by atoms with Gasteiger partial charge in [-0.05, 0) is 31.6 Å². The van der Waals surface area contributed by atoms with Gasteiger partial charge in [-0.2, -0.15) is 16.9 Å². The molecule has 7 heteroatoms. The second-order valence-corrected chi connectivity index (χ2v) is 7.07. The Kier molecular flexibility index (Phi) is 5.50. The molecule has 24 heavy (non-hydrogen) atoms. The summed E-state index contributed by atoms with van der Waals surface area (Å²) in [7, 11) is 0. The van der Waals surface area contributed by atoms with Gasteiger partial charge in [-0.1, -0.05) is 13.3 Å². The number of aryl methyl sites for hydroxylation is 2. The van der Waals surface area contributed by atoms with Gasteiger partial charge < -0.3 is 15.1 Å². The first-order valence-corrected chi connectivity index (χ1v) is 9.62. The van der Waals surface area contributed by atoms with Crippen molar-refractivity contribution in [2.45, 2.75) is 45.4 Å². The van der Waals surface area contributed by atoms with Gasteiger partial charge >= 0.3 is 0 Å². The monoisotopic (exact) mass is 348 g/mol. The Morgan fingerprint density at radius 1 is 1.54 bits per heavy atom. The van der Waals surface area contributed by atoms with Crippen LogP contribution in [-0.4, -0.2) is 28.0 Å². The van der Waals surface area contributed by atoms with E-state index in [1.54, 1.807) is 6.20 Å². The van der Waals surface area contributed by atoms with E-state index in [1.165, 1.54) is 12.8 Å². The number of hydrogen-bond donors (Lipinski definition) is 2. The van der Waals surface area contributed by atoms with Crippen molar-refractivity contribution < 1.29 is 9.21 Å². The molecule has 1 aliphatic rings. The topological polar surface area (TPSA) is 72.1 Å². The van der Waals surface area contributed by atoms with Gasteiger partial charge in [-0.15, -0.1) is 0 Å². The van der Waals surface area contributed by atoms with Gasteiger partial charge in [-0.3, -0.25) is 4.79 Å². The third-order valence-corrected chi connectivity index (χ3v) is 5.16. The Hall–Kier alpha value is -1.89. The van der Waals surface area contributed by atoms with Crippen molar-refractivity contribution >= 4 is 29.2 Å². The molecule has 2 N–H and O–H groups in total. The standard InChI is InChI=1S/C17H24N4O2S/c1-3-4-8-24-11-13-9-15(23-12(13)2)17(22)20-14-10-19-21-7-5-6-18-16(14)21/h9-10,18H,3-8,11H2,1-2H3,(H,20,22). The summed E-state index contributed by atoms with van der Waals surface area (Å²) >= 11 is 1.88. The molecule has 1 aliphatic heterocycles. The molecule has 0 radical (unpaired) electrons. The van der Waals surface area contributed by atoms with Crippen LogP contribution in [0, 0.1) is 6.92 Å². The predicted octanol–water partition coefficient (Wildman–Crippen LogP) is 3.89. The Morgan fingerprint density at radius 3 is 3.25 bits per heavy atom. The van der Waals surface area contributed by atoms with E-state index in [4.69, 9.17) is 4.42 Å². The number of nitrogens with one attached hydrogen (secondary N) is 2. The fourth-order valence-electron chi connectivity index (χ4n) is 2.66. The molecule has 0 aliphatic carbocycles. The summed E-state index contributed by atoms with van der Waals surface area (Å²) in [6.45, 7) is 5.87. The predicted molar refractivity (Wildman–Crippen MR) is 97.8 cm³/mol. The summed E-state index contributed by atoms with van der Waals surface area (Å²) in [5, 5.41) is 10.5. The fraction of sp³-hybridized carbons (Fsp3) is 0.529. The number of carbonyl (C=O) groups excluding carboxylic acids is 1. The molecule has 0 saturated heterocycles. The van der Waals surface area contributed by atoms with Gasteiger partial charge in [0.2, 0.25) is 0 Å². The van der Waals surface area contributed by atoms with Gasteiger partial charge in [0.25, 0.3) is 5.91 Å². The third-order valence-electron chi connectivity index (χ3n) is 4.07. The molecule has 0 atom stereocenters. The molecular formula is C17H24N4O2S. The van der Waals surface area contributed by atoms with Crippen molar-refractivity contribution in [3.05, 3.63) is 29.3 Å². The fourth-order valence-corrected chi connectivity index (χ4v) is 3.80. The molecule has 0 bridgehead atoms. The summed E-state index contributed by atoms with van der Waals surface area (Å²) < 4.78 is 7.53. The highest BCUT2D eigenvalue weighted by atomic mass is 32.2. The van der Waals surface area contributed by atoms with Crippen LogP contribution in [0.25, 0.3) is 0 Å². The van der Waals surface area contributed by atoms with E-state index in [0.29, 0.717) is 11.4 Å². The lowest BCUT2D eigenvalue weighted by molar-refractivity contribution is 0.0995. The van der Waals surface area contributed by atoms with Gasteiger partial charge in [0.05, 0.1) is 6.20 Å². The van der Waals surface area contributed by atoms with E-state index in [1.807, 2.05) is 29.4 Å². The zero-order chi connectivity index (χ0) is 16.9. The van der Waals surface area contributed by atoms with Gasteiger partial charge in [0, 0.05) is 24.4 Å². The Labute approximate surface area is 146 Å². The molecule has 130 valence electrons. The van der Waals surface area contributed by atoms with Crippen LogP contribution in [0.2, 0.25) is 0 Å². The Morgan fingerprint density at radius 2 is 2.42 bits per heavy atom. The minimum atomic E-state index is -0.230. The number of furan rings is 1. The van der Waals surface area contributed by atoms with E-state index in [2.05, 4.69) is 22.7 Å². The summed E-state index contributed by atoms with van der Waals surface area (Å²) in [5.74, 6) is 3.83. The van der Waals surface area contributed by atoms with Crippen LogP contribution in [0.1, 0.15) is 48.1 Å². The number of aromatic nitrogens is 2. The first-order chi connectivity index (χ1) is 11.7. The number of carbonyl (C=O) groups is 1. The van der Waals surface area contributed by atoms with Gasteiger partial charge in [-0.25, -0.2) is 4.68 Å². The molecular weight excluding hydrogens is 324 g/mol. The zero-order valence-corrected chi connectivity index (χ0v) is 15.0. The SMILES string of the molecule is CCCCSCc1cc(C(=O)Nc2cnn3c2NCCC3)oc1C. The van der Waals surface area contributed by atoms with Crippen molar-refractivity contribution in [1.29, 1.82) is 0 Å². The van der Waals surface area contributed by atoms with Crippen molar-refractivity contribution in [1.82, 2.24) is 9.78 Å². The quantitative estimate of drug-likeness (QED) is 0.743. The first-order valence-electron chi connectivity index (χ1n) is 8.47. The summed E-state index contributed by atoms with van der Waals surface area (Å²) in [6.07, 6.45) is 5.14. The van der Waals surface area contributed by atoms with Crippen molar-refractivity contribution in [2.75, 3.05) is 22.9 Å². The molecule has 0 fully saturated rings. The lowest BCUT2D eigenvalue weighted by Gasteiger charge is -2.16. The molecule has 2 aromatic rings. The van der Waals surface area contributed by atoms with Crippen LogP contribution in [-0.2, 0) is 12.3 Å². The van der Waals surface area contributed by atoms with Gasteiger partial charge in [0.1, 0.15) is 17.3 Å². The summed E-state index contributed by atoms with van der Waals surface area (Å²) in [5.41, 5.74) is 1.80. The van der Waals surface area contributed by atoms with Crippen molar-refractivity contribution in [3.8, 4) is 0 Å². The third kappa shape index (κ3) is 3.77. The highest BCUT2D eigenvalue weighted by Gasteiger charge is 2.19. The lowest BCUT2D eigenvalue weighted by Crippen LogP contribution is -2.19. The van der Waals surface area contributed by atoms with Crippen LogP contribution in [0.15, 0.2) is 16.7 Å². The Balaban J connectivity index is 1.64. The molecule has 0 saturated carbocycles. The average molecular weight is 348 g/mol. The van der Waals surface area contributed by atoms with Crippen molar-refractivity contribution in [3.63, 3.8) is 0 Å². The number of rotatable bonds is 7. The van der Waals surface area contributed by atoms with E-state index < -0.39 is 0 Å². The van der Waals surface area contributed by atoms with E-state index >= 15 is 0 Å². The second-order valence-electron chi connectivity index (χ2n) is 5.96. The maximum atomic E-state index is 12.5. The number of unbranched alkanes of at least 4 members (excludes halogenated alkanes) is 1. The minimum absolute atomic E-state index is 0.230. The molecule has 0 aromatic carbocycles. The molecule has 1 amide bonds. The molecule has 3 rings (SSSR count). The van der Waals surface area contributed by atoms with Crippen LogP contribution >= 0.6 is 11.8 Å². The van der Waals surface area contributed by atoms with Crippen LogP contribution < -0.4 is 10.6 Å². The largest absolute Gasteiger partial charge is 0.456 e. The molecule has 2 aromatic heterocycles. The average Bonchev–Trinajstić information content (AvgIpc) is 3.16. The number of fused-ring (bicyclic) bond motifs is 1. The van der Waals surface area contributed by atoms with Crippen LogP contribution in [0.5, 0.6) is 0 Å². The number of amides is 1. The maximum absolute atomic E-state index is 12.5. The lowest BCUT2D eigenvalue weighted by atomic mass is 10.2. The van der Waals surface area contributed by atoms with Crippen LogP contribution in [0.4, 0.5) is 11.5 Å². The highest BCUT2D eigenvalue weighted by molar-refractivity contribution is 7.98. The zero-order valence-electron chi connectivity index (χ0n) is 14.2. The number of nitrogens with zero attached hydrogens (tertiary/aromatic N) is 2. The molecule has 0 spiro atoms. The maximum Gasteiger partial charge on any atom is 0.291 e. The normalized spacial score (nSPS) is 13.4. The van der Waals surface area contributed by atoms with Crippen LogP contribution in [0.3, 0.4) is 0 Å². The summed E-state index contributed by atoms with van der Waals surface area (Å²) in [4.78, 5) is 12.5. The molecule has 6 nitrogen and oxygen atoms in total. The minimum Gasteiger partial charge on any atom is -0.456 e. The smallest absolute Gasteiger partial charge is 0.291 e. The van der Waals surface area contributed by atoms with E-state index in [-0.39, 0.29) is 5.91 Å². The molecule has 0 unspecified atom stereocenters. The summed E-state index contributed by atoms with van der Waals surface area (Å²) in [6, 6.07) is 1.85. The number of thioether (sulfide) groups is 1. The number of hydrogen-bond acceptors (Lipinski definition) is 5. The van der Waals surface area contributed by atoms with Gasteiger partial charge in [0.15, 0.2) is 5.76 Å². The van der Waals surface area contributed by atoms with Crippen molar-refractivity contribution in [2.24, 2.45) is 0 Å². The van der Waals surface area contributed by atoms with E-state index in [0.717, 1.165) is 48.2 Å². The Bertz CT molecular complexity index is 708. The first kappa shape index (κ1) is 17.0. The highest BCUT2D eigenvalue weighted by Crippen LogP contribution is 2.26. The second kappa shape index (κ2) is 7.79. The van der Waals surface area contributed by atoms with E-state index in [9.17, 15) is 4.79 Å². The number of anilines is 2.